The minimum Gasteiger partial charge on any atom is -0.399 e. The fourth-order valence-electron chi connectivity index (χ4n) is 4.09. The van der Waals surface area contributed by atoms with Gasteiger partial charge in [0, 0.05) is 54.4 Å². The SMILES string of the molecule is Nc1ccc(N2CCCC(N)C2)c(NC(=O)c2csc(-c3cnn(Cc4ccncc4)c3)n2)c1. The second-order valence-corrected chi connectivity index (χ2v) is 9.26. The summed E-state index contributed by atoms with van der Waals surface area (Å²) in [6.07, 6.45) is 9.23. The largest absolute Gasteiger partial charge is 0.399 e. The first kappa shape index (κ1) is 22.1. The molecule has 1 unspecified atom stereocenters. The smallest absolute Gasteiger partial charge is 0.275 e. The van der Waals surface area contributed by atoms with Crippen molar-refractivity contribution in [2.75, 3.05) is 29.0 Å². The number of benzene rings is 1. The predicted octanol–water partition coefficient (Wildman–Crippen LogP) is 3.21. The summed E-state index contributed by atoms with van der Waals surface area (Å²) >= 11 is 1.41. The van der Waals surface area contributed by atoms with E-state index in [0.29, 0.717) is 23.6 Å². The summed E-state index contributed by atoms with van der Waals surface area (Å²) in [5.74, 6) is -0.278. The standard InChI is InChI=1S/C24H26N8OS/c25-18-3-4-22(31-9-1-2-19(26)14-31)20(10-18)29-23(33)21-15-34-24(30-21)17-11-28-32(13-17)12-16-5-7-27-8-6-16/h3-8,10-11,13,15,19H,1-2,9,12,14,25-26H2,(H,29,33). The summed E-state index contributed by atoms with van der Waals surface area (Å²) in [5, 5.41) is 9.91. The third-order valence-corrected chi connectivity index (χ3v) is 6.67. The highest BCUT2D eigenvalue weighted by Gasteiger charge is 2.21. The molecule has 5 rings (SSSR count). The van der Waals surface area contributed by atoms with Crippen molar-refractivity contribution in [3.05, 3.63) is 71.8 Å². The van der Waals surface area contributed by atoms with Gasteiger partial charge in [0.05, 0.1) is 24.1 Å². The number of hydrogen-bond donors (Lipinski definition) is 3. The minimum atomic E-state index is -0.278. The molecule has 1 saturated heterocycles. The van der Waals surface area contributed by atoms with Gasteiger partial charge < -0.3 is 21.7 Å². The molecule has 0 aliphatic carbocycles. The highest BCUT2D eigenvalue weighted by molar-refractivity contribution is 7.13. The van der Waals surface area contributed by atoms with Crippen molar-refractivity contribution < 1.29 is 4.79 Å². The molecular formula is C24H26N8OS. The Morgan fingerprint density at radius 3 is 2.91 bits per heavy atom. The van der Waals surface area contributed by atoms with Crippen molar-refractivity contribution in [1.82, 2.24) is 19.7 Å². The molecule has 10 heteroatoms. The van der Waals surface area contributed by atoms with Crippen molar-refractivity contribution in [3.63, 3.8) is 0 Å². The van der Waals surface area contributed by atoms with Crippen LogP contribution in [0.2, 0.25) is 0 Å². The molecule has 34 heavy (non-hydrogen) atoms. The second-order valence-electron chi connectivity index (χ2n) is 8.40. The Balaban J connectivity index is 1.31. The average molecular weight is 475 g/mol. The van der Waals surface area contributed by atoms with Crippen LogP contribution in [0, 0.1) is 0 Å². The van der Waals surface area contributed by atoms with Crippen molar-refractivity contribution >= 4 is 34.3 Å². The van der Waals surface area contributed by atoms with Gasteiger partial charge in [-0.05, 0) is 48.7 Å². The number of piperidine rings is 1. The monoisotopic (exact) mass is 474 g/mol. The lowest BCUT2D eigenvalue weighted by molar-refractivity contribution is 0.102. The van der Waals surface area contributed by atoms with E-state index in [1.807, 2.05) is 35.1 Å². The molecule has 0 radical (unpaired) electrons. The Bertz CT molecular complexity index is 1290. The van der Waals surface area contributed by atoms with Gasteiger partial charge in [-0.1, -0.05) is 0 Å². The number of amides is 1. The van der Waals surface area contributed by atoms with E-state index in [0.717, 1.165) is 47.8 Å². The van der Waals surface area contributed by atoms with E-state index in [1.54, 1.807) is 30.0 Å². The summed E-state index contributed by atoms with van der Waals surface area (Å²) < 4.78 is 1.84. The molecule has 5 N–H and O–H groups in total. The highest BCUT2D eigenvalue weighted by Crippen LogP contribution is 2.31. The lowest BCUT2D eigenvalue weighted by Gasteiger charge is -2.34. The zero-order chi connectivity index (χ0) is 23.5. The van der Waals surface area contributed by atoms with Gasteiger partial charge >= 0.3 is 0 Å². The molecule has 1 aliphatic rings. The summed E-state index contributed by atoms with van der Waals surface area (Å²) in [4.78, 5) is 23.8. The number of carbonyl (C=O) groups is 1. The van der Waals surface area contributed by atoms with Gasteiger partial charge in [0.15, 0.2) is 0 Å². The molecule has 0 bridgehead atoms. The van der Waals surface area contributed by atoms with Crippen molar-refractivity contribution in [3.8, 4) is 10.6 Å². The first-order valence-electron chi connectivity index (χ1n) is 11.1. The van der Waals surface area contributed by atoms with Gasteiger partial charge in [-0.2, -0.15) is 5.10 Å². The molecule has 4 heterocycles. The first-order chi connectivity index (χ1) is 16.5. The van der Waals surface area contributed by atoms with Crippen LogP contribution in [0.1, 0.15) is 28.9 Å². The number of nitrogens with two attached hydrogens (primary N) is 2. The average Bonchev–Trinajstić information content (AvgIpc) is 3.50. The molecule has 3 aromatic heterocycles. The number of anilines is 3. The fourth-order valence-corrected chi connectivity index (χ4v) is 4.87. The maximum absolute atomic E-state index is 13.0. The zero-order valence-corrected chi connectivity index (χ0v) is 19.4. The van der Waals surface area contributed by atoms with E-state index < -0.39 is 0 Å². The summed E-state index contributed by atoms with van der Waals surface area (Å²) in [6, 6.07) is 9.59. The molecule has 1 amide bonds. The van der Waals surface area contributed by atoms with Crippen LogP contribution in [0.15, 0.2) is 60.5 Å². The molecule has 174 valence electrons. The molecule has 0 saturated carbocycles. The molecule has 1 aromatic carbocycles. The Kier molecular flexibility index (Phi) is 6.24. The maximum Gasteiger partial charge on any atom is 0.275 e. The van der Waals surface area contributed by atoms with E-state index in [2.05, 4.69) is 25.3 Å². The van der Waals surface area contributed by atoms with Gasteiger partial charge in [0.2, 0.25) is 0 Å². The minimum absolute atomic E-state index is 0.121. The lowest BCUT2D eigenvalue weighted by Crippen LogP contribution is -2.43. The van der Waals surface area contributed by atoms with E-state index in [-0.39, 0.29) is 11.9 Å². The topological polar surface area (TPSA) is 128 Å². The molecule has 1 aliphatic heterocycles. The van der Waals surface area contributed by atoms with E-state index >= 15 is 0 Å². The summed E-state index contributed by atoms with van der Waals surface area (Å²) in [6.45, 7) is 2.28. The van der Waals surface area contributed by atoms with Gasteiger partial charge in [-0.15, -0.1) is 11.3 Å². The van der Waals surface area contributed by atoms with Gasteiger partial charge in [-0.3, -0.25) is 14.5 Å². The summed E-state index contributed by atoms with van der Waals surface area (Å²) in [5.41, 5.74) is 16.7. The summed E-state index contributed by atoms with van der Waals surface area (Å²) in [7, 11) is 0. The lowest BCUT2D eigenvalue weighted by atomic mass is 10.1. The van der Waals surface area contributed by atoms with Crippen LogP contribution in [-0.2, 0) is 6.54 Å². The quantitative estimate of drug-likeness (QED) is 0.366. The van der Waals surface area contributed by atoms with Gasteiger partial charge in [0.1, 0.15) is 10.7 Å². The number of nitrogens with one attached hydrogen (secondary N) is 1. The molecule has 4 aromatic rings. The Morgan fingerprint density at radius 1 is 1.24 bits per heavy atom. The maximum atomic E-state index is 13.0. The zero-order valence-electron chi connectivity index (χ0n) is 18.6. The molecule has 9 nitrogen and oxygen atoms in total. The molecule has 0 spiro atoms. The van der Waals surface area contributed by atoms with Crippen LogP contribution in [0.25, 0.3) is 10.6 Å². The first-order valence-corrected chi connectivity index (χ1v) is 12.0. The van der Waals surface area contributed by atoms with Crippen LogP contribution in [0.4, 0.5) is 17.1 Å². The molecule has 1 atom stereocenters. The number of aromatic nitrogens is 4. The number of nitrogen functional groups attached to an aromatic ring is 1. The van der Waals surface area contributed by atoms with E-state index in [4.69, 9.17) is 11.5 Å². The van der Waals surface area contributed by atoms with Crippen LogP contribution >= 0.6 is 11.3 Å². The number of nitrogens with zero attached hydrogens (tertiary/aromatic N) is 5. The van der Waals surface area contributed by atoms with Crippen molar-refractivity contribution in [1.29, 1.82) is 0 Å². The molecular weight excluding hydrogens is 448 g/mol. The van der Waals surface area contributed by atoms with Crippen molar-refractivity contribution in [2.24, 2.45) is 5.73 Å². The Labute approximate surface area is 201 Å². The second kappa shape index (κ2) is 9.62. The van der Waals surface area contributed by atoms with Gasteiger partial charge in [0.25, 0.3) is 5.91 Å². The number of hydrogen-bond acceptors (Lipinski definition) is 8. The van der Waals surface area contributed by atoms with Crippen LogP contribution < -0.4 is 21.7 Å². The van der Waals surface area contributed by atoms with Crippen LogP contribution in [-0.4, -0.2) is 44.8 Å². The number of thiazole rings is 1. The predicted molar refractivity (Wildman–Crippen MR) is 135 cm³/mol. The van der Waals surface area contributed by atoms with Gasteiger partial charge in [-0.25, -0.2) is 4.98 Å². The number of carbonyl (C=O) groups excluding carboxylic acids is 1. The van der Waals surface area contributed by atoms with Crippen LogP contribution in [0.3, 0.4) is 0 Å². The van der Waals surface area contributed by atoms with E-state index in [9.17, 15) is 4.79 Å². The number of pyridine rings is 1. The van der Waals surface area contributed by atoms with Crippen molar-refractivity contribution in [2.45, 2.75) is 25.4 Å². The highest BCUT2D eigenvalue weighted by atomic mass is 32.1. The van der Waals surface area contributed by atoms with Crippen LogP contribution in [0.5, 0.6) is 0 Å². The molecule has 1 fully saturated rings. The normalized spacial score (nSPS) is 15.9. The fraction of sp³-hybridized carbons (Fsp3) is 0.250. The Hall–Kier alpha value is -3.76. The van der Waals surface area contributed by atoms with E-state index in [1.165, 1.54) is 11.3 Å². The number of rotatable bonds is 6. The Morgan fingerprint density at radius 2 is 2.09 bits per heavy atom. The third kappa shape index (κ3) is 4.92. The third-order valence-electron chi connectivity index (χ3n) is 5.78.